The molecule has 0 radical (unpaired) electrons. The quantitative estimate of drug-likeness (QED) is 0.599. The van der Waals surface area contributed by atoms with Crippen molar-refractivity contribution in [3.05, 3.63) is 77.1 Å². The van der Waals surface area contributed by atoms with Crippen LogP contribution in [0.3, 0.4) is 0 Å². The van der Waals surface area contributed by atoms with E-state index in [1.165, 1.54) is 0 Å². The van der Waals surface area contributed by atoms with Crippen molar-refractivity contribution in [2.45, 2.75) is 19.4 Å². The van der Waals surface area contributed by atoms with E-state index in [0.29, 0.717) is 28.5 Å². The number of fused-ring (bicyclic) bond motifs is 6. The van der Waals surface area contributed by atoms with E-state index in [4.69, 9.17) is 19.2 Å². The fourth-order valence-corrected chi connectivity index (χ4v) is 4.51. The number of esters is 1. The number of pyridine rings is 1. The van der Waals surface area contributed by atoms with Gasteiger partial charge in [-0.25, -0.2) is 4.79 Å². The minimum absolute atomic E-state index is 0.412. The minimum atomic E-state index is -1.16. The highest BCUT2D eigenvalue weighted by Gasteiger charge is 2.56. The van der Waals surface area contributed by atoms with E-state index < -0.39 is 11.6 Å². The van der Waals surface area contributed by atoms with Gasteiger partial charge in [0.2, 0.25) is 5.60 Å². The van der Waals surface area contributed by atoms with Gasteiger partial charge < -0.3 is 19.1 Å². The molecule has 2 aliphatic heterocycles. The molecule has 0 N–H and O–H groups in total. The van der Waals surface area contributed by atoms with Gasteiger partial charge in [-0.2, -0.15) is 0 Å². The molecule has 0 bridgehead atoms. The summed E-state index contributed by atoms with van der Waals surface area (Å²) in [7, 11) is 1.59. The van der Waals surface area contributed by atoms with Crippen molar-refractivity contribution in [2.75, 3.05) is 25.1 Å². The van der Waals surface area contributed by atoms with Gasteiger partial charge in [-0.05, 0) is 26.0 Å². The van der Waals surface area contributed by atoms with Gasteiger partial charge in [-0.15, -0.1) is 0 Å². The summed E-state index contributed by atoms with van der Waals surface area (Å²) in [6.45, 7) is 5.54. The number of rotatable bonds is 4. The minimum Gasteiger partial charge on any atom is -0.493 e. The molecule has 0 saturated carbocycles. The molecule has 5 rings (SSSR count). The maximum atomic E-state index is 13.4. The first-order chi connectivity index (χ1) is 14.7. The van der Waals surface area contributed by atoms with E-state index in [0.717, 1.165) is 29.9 Å². The molecule has 30 heavy (non-hydrogen) atoms. The molecule has 0 aliphatic carbocycles. The van der Waals surface area contributed by atoms with Crippen molar-refractivity contribution in [2.24, 2.45) is 0 Å². The molecular weight excluding hydrogens is 380 g/mol. The average Bonchev–Trinajstić information content (AvgIpc) is 3.08. The fraction of sp³-hybridized carbons (Fsp3) is 0.250. The van der Waals surface area contributed by atoms with Gasteiger partial charge in [-0.3, -0.25) is 4.98 Å². The number of hydrogen-bond acceptors (Lipinski definition) is 6. The van der Waals surface area contributed by atoms with Crippen LogP contribution in [0, 0.1) is 0 Å². The first-order valence-electron chi connectivity index (χ1n) is 10.1. The van der Waals surface area contributed by atoms with Crippen LogP contribution >= 0.6 is 0 Å². The van der Waals surface area contributed by atoms with Crippen molar-refractivity contribution < 1.29 is 19.0 Å². The molecule has 0 atom stereocenters. The third kappa shape index (κ3) is 2.30. The molecule has 1 spiro atoms. The maximum absolute atomic E-state index is 13.4. The van der Waals surface area contributed by atoms with Gasteiger partial charge in [-0.1, -0.05) is 36.4 Å². The molecule has 0 fully saturated rings. The normalized spacial score (nSPS) is 15.0. The van der Waals surface area contributed by atoms with Crippen molar-refractivity contribution in [3.63, 3.8) is 0 Å². The number of carbonyl (C=O) groups excluding carboxylic acids is 1. The molecule has 6 heteroatoms. The lowest BCUT2D eigenvalue weighted by atomic mass is 9.80. The van der Waals surface area contributed by atoms with Gasteiger partial charge in [0.1, 0.15) is 22.8 Å². The Morgan fingerprint density at radius 2 is 1.60 bits per heavy atom. The number of benzene rings is 2. The summed E-state index contributed by atoms with van der Waals surface area (Å²) in [6.07, 6.45) is 1.68. The van der Waals surface area contributed by atoms with E-state index in [1.807, 2.05) is 62.4 Å². The fourth-order valence-electron chi connectivity index (χ4n) is 4.51. The highest BCUT2D eigenvalue weighted by molar-refractivity contribution is 6.03. The number of ether oxygens (including phenoxy) is 3. The molecule has 0 amide bonds. The van der Waals surface area contributed by atoms with E-state index in [2.05, 4.69) is 4.90 Å². The molecule has 6 nitrogen and oxygen atoms in total. The summed E-state index contributed by atoms with van der Waals surface area (Å²) in [5.41, 5.74) is 2.10. The lowest BCUT2D eigenvalue weighted by Crippen LogP contribution is -2.33. The van der Waals surface area contributed by atoms with Gasteiger partial charge in [0.25, 0.3) is 0 Å². The van der Waals surface area contributed by atoms with Crippen molar-refractivity contribution in [1.82, 2.24) is 4.98 Å². The smallest absolute Gasteiger partial charge is 0.344 e. The molecular formula is C24H22N2O4. The monoisotopic (exact) mass is 402 g/mol. The molecule has 3 aromatic rings. The topological polar surface area (TPSA) is 60.9 Å². The molecule has 0 saturated heterocycles. The summed E-state index contributed by atoms with van der Waals surface area (Å²) in [5.74, 6) is 1.45. The number of aromatic nitrogens is 1. The van der Waals surface area contributed by atoms with Crippen LogP contribution in [-0.4, -0.2) is 31.2 Å². The zero-order valence-electron chi connectivity index (χ0n) is 17.1. The number of nitrogens with zero attached hydrogens (tertiary/aromatic N) is 2. The third-order valence-corrected chi connectivity index (χ3v) is 5.85. The highest BCUT2D eigenvalue weighted by Crippen LogP contribution is 2.57. The summed E-state index contributed by atoms with van der Waals surface area (Å²) in [6, 6.07) is 15.3. The average molecular weight is 402 g/mol. The first-order valence-corrected chi connectivity index (χ1v) is 10.1. The largest absolute Gasteiger partial charge is 0.493 e. The Morgan fingerprint density at radius 1 is 1.00 bits per heavy atom. The van der Waals surface area contributed by atoms with Crippen LogP contribution in [0.1, 0.15) is 41.0 Å². The highest BCUT2D eigenvalue weighted by atomic mass is 16.6. The lowest BCUT2D eigenvalue weighted by molar-refractivity contribution is 0.0216. The molecule has 152 valence electrons. The van der Waals surface area contributed by atoms with E-state index in [1.54, 1.807) is 13.3 Å². The van der Waals surface area contributed by atoms with E-state index in [-0.39, 0.29) is 0 Å². The standard InChI is InChI=1S/C24H22N2O4/c1-4-26(5-2)21-19(28-3)14-25-22-20(21)23(27)30-24(22)15-10-6-8-12-17(15)29-18-13-9-7-11-16(18)24/h6-14H,4-5H2,1-3H3. The van der Waals surface area contributed by atoms with E-state index in [9.17, 15) is 4.79 Å². The van der Waals surface area contributed by atoms with Crippen LogP contribution in [0.15, 0.2) is 54.7 Å². The molecule has 1 aromatic heterocycles. The van der Waals surface area contributed by atoms with Gasteiger partial charge >= 0.3 is 5.97 Å². The predicted molar refractivity (Wildman–Crippen MR) is 113 cm³/mol. The van der Waals surface area contributed by atoms with Crippen LogP contribution in [0.2, 0.25) is 0 Å². The summed E-state index contributed by atoms with van der Waals surface area (Å²) in [5, 5.41) is 0. The second-order valence-corrected chi connectivity index (χ2v) is 7.24. The first kappa shape index (κ1) is 18.5. The molecule has 2 aliphatic rings. The van der Waals surface area contributed by atoms with Crippen LogP contribution < -0.4 is 14.4 Å². The third-order valence-electron chi connectivity index (χ3n) is 5.85. The second kappa shape index (κ2) is 6.76. The Hall–Kier alpha value is -3.54. The Bertz CT molecular complexity index is 1110. The van der Waals surface area contributed by atoms with Crippen LogP contribution in [-0.2, 0) is 10.3 Å². The number of anilines is 1. The number of carbonyl (C=O) groups is 1. The molecule has 3 heterocycles. The summed E-state index contributed by atoms with van der Waals surface area (Å²) >= 11 is 0. The van der Waals surface area contributed by atoms with Crippen molar-refractivity contribution >= 4 is 11.7 Å². The Labute approximate surface area is 175 Å². The van der Waals surface area contributed by atoms with Gasteiger partial charge in [0.15, 0.2) is 5.75 Å². The zero-order chi connectivity index (χ0) is 20.9. The second-order valence-electron chi connectivity index (χ2n) is 7.24. The summed E-state index contributed by atoms with van der Waals surface area (Å²) in [4.78, 5) is 20.2. The van der Waals surface area contributed by atoms with E-state index >= 15 is 0 Å². The van der Waals surface area contributed by atoms with Gasteiger partial charge in [0, 0.05) is 24.2 Å². The van der Waals surface area contributed by atoms with Crippen molar-refractivity contribution in [3.8, 4) is 17.2 Å². The van der Waals surface area contributed by atoms with Crippen LogP contribution in [0.4, 0.5) is 5.69 Å². The SMILES string of the molecule is CCN(CC)c1c(OC)cnc2c1C(=O)OC21c2ccccc2Oc2ccccc21. The zero-order valence-corrected chi connectivity index (χ0v) is 17.1. The Balaban J connectivity index is 1.88. The number of hydrogen-bond donors (Lipinski definition) is 0. The van der Waals surface area contributed by atoms with Crippen LogP contribution in [0.5, 0.6) is 17.2 Å². The molecule has 2 aromatic carbocycles. The van der Waals surface area contributed by atoms with Crippen molar-refractivity contribution in [1.29, 1.82) is 0 Å². The molecule has 0 unspecified atom stereocenters. The lowest BCUT2D eigenvalue weighted by Gasteiger charge is -2.35. The van der Waals surface area contributed by atoms with Crippen LogP contribution in [0.25, 0.3) is 0 Å². The Kier molecular flexibility index (Phi) is 4.17. The predicted octanol–water partition coefficient (Wildman–Crippen LogP) is 4.50. The Morgan fingerprint density at radius 3 is 2.17 bits per heavy atom. The van der Waals surface area contributed by atoms with Gasteiger partial charge in [0.05, 0.1) is 19.0 Å². The maximum Gasteiger partial charge on any atom is 0.344 e. The summed E-state index contributed by atoms with van der Waals surface area (Å²) < 4.78 is 17.9. The number of para-hydroxylation sites is 2. The number of methoxy groups -OCH3 is 1.